The molecule has 0 saturated heterocycles. The maximum Gasteiger partial charge on any atom is 0.373 e. The molecule has 2 rings (SSSR count). The first-order valence-corrected chi connectivity index (χ1v) is 6.22. The molecule has 100 valence electrons. The molecule has 1 N–H and O–H groups in total. The fraction of sp³-hybridized carbons (Fsp3) is 0.154. The standard InChI is InChI=1S/C13H11Cl2NO3/c1-18-13(17)11-6-5-8(19-11)7-16-12-9(14)3-2-4-10(12)15/h2-6,16H,7H2,1H3. The number of nitrogens with one attached hydrogen (secondary N) is 1. The van der Waals surface area contributed by atoms with Crippen molar-refractivity contribution >= 4 is 34.9 Å². The average molecular weight is 300 g/mol. The van der Waals surface area contributed by atoms with Gasteiger partial charge in [0.05, 0.1) is 29.4 Å². The number of rotatable bonds is 4. The highest BCUT2D eigenvalue weighted by Crippen LogP contribution is 2.30. The maximum atomic E-state index is 11.2. The number of methoxy groups -OCH3 is 1. The summed E-state index contributed by atoms with van der Waals surface area (Å²) in [6, 6.07) is 8.47. The van der Waals surface area contributed by atoms with Gasteiger partial charge in [-0.3, -0.25) is 0 Å². The van der Waals surface area contributed by atoms with E-state index in [0.29, 0.717) is 28.0 Å². The topological polar surface area (TPSA) is 51.5 Å². The van der Waals surface area contributed by atoms with Gasteiger partial charge in [-0.25, -0.2) is 4.79 Å². The first-order chi connectivity index (χ1) is 9.11. The first-order valence-electron chi connectivity index (χ1n) is 5.46. The summed E-state index contributed by atoms with van der Waals surface area (Å²) in [4.78, 5) is 11.2. The highest BCUT2D eigenvalue weighted by atomic mass is 35.5. The summed E-state index contributed by atoms with van der Waals surface area (Å²) < 4.78 is 9.87. The molecule has 0 aliphatic carbocycles. The molecule has 2 aromatic rings. The van der Waals surface area contributed by atoms with Crippen molar-refractivity contribution < 1.29 is 13.9 Å². The molecule has 19 heavy (non-hydrogen) atoms. The first kappa shape index (κ1) is 13.8. The van der Waals surface area contributed by atoms with E-state index in [2.05, 4.69) is 10.1 Å². The molecule has 4 nitrogen and oxygen atoms in total. The number of esters is 1. The van der Waals surface area contributed by atoms with E-state index in [0.717, 1.165) is 0 Å². The summed E-state index contributed by atoms with van der Waals surface area (Å²) in [6.07, 6.45) is 0. The molecule has 1 aromatic carbocycles. The Morgan fingerprint density at radius 2 is 1.95 bits per heavy atom. The molecule has 1 aromatic heterocycles. The van der Waals surface area contributed by atoms with E-state index in [1.54, 1.807) is 30.3 Å². The minimum atomic E-state index is -0.512. The van der Waals surface area contributed by atoms with E-state index in [-0.39, 0.29) is 5.76 Å². The van der Waals surface area contributed by atoms with Gasteiger partial charge in [0.2, 0.25) is 5.76 Å². The zero-order chi connectivity index (χ0) is 13.8. The van der Waals surface area contributed by atoms with Gasteiger partial charge in [-0.1, -0.05) is 29.3 Å². The molecular weight excluding hydrogens is 289 g/mol. The van der Waals surface area contributed by atoms with Gasteiger partial charge in [0.15, 0.2) is 0 Å². The number of hydrogen-bond donors (Lipinski definition) is 1. The normalized spacial score (nSPS) is 10.3. The fourth-order valence-electron chi connectivity index (χ4n) is 1.53. The van der Waals surface area contributed by atoms with Crippen LogP contribution in [0.5, 0.6) is 0 Å². The van der Waals surface area contributed by atoms with Gasteiger partial charge in [0.25, 0.3) is 0 Å². The van der Waals surface area contributed by atoms with E-state index in [4.69, 9.17) is 27.6 Å². The molecule has 0 radical (unpaired) electrons. The Kier molecular flexibility index (Phi) is 4.35. The summed E-state index contributed by atoms with van der Waals surface area (Å²) >= 11 is 12.0. The number of halogens is 2. The third-order valence-corrected chi connectivity index (χ3v) is 3.08. The van der Waals surface area contributed by atoms with E-state index in [1.165, 1.54) is 7.11 Å². The van der Waals surface area contributed by atoms with Crippen LogP contribution in [0.2, 0.25) is 10.0 Å². The molecule has 0 aliphatic heterocycles. The Morgan fingerprint density at radius 3 is 2.58 bits per heavy atom. The third kappa shape index (κ3) is 3.22. The van der Waals surface area contributed by atoms with Crippen LogP contribution in [0.3, 0.4) is 0 Å². The van der Waals surface area contributed by atoms with Crippen LogP contribution in [-0.4, -0.2) is 13.1 Å². The van der Waals surface area contributed by atoms with E-state index in [1.807, 2.05) is 0 Å². The van der Waals surface area contributed by atoms with Crippen LogP contribution in [0.1, 0.15) is 16.3 Å². The van der Waals surface area contributed by atoms with E-state index in [9.17, 15) is 4.79 Å². The Balaban J connectivity index is 2.07. The van der Waals surface area contributed by atoms with Crippen LogP contribution in [0.15, 0.2) is 34.7 Å². The number of furan rings is 1. The molecule has 0 spiro atoms. The van der Waals surface area contributed by atoms with Crippen LogP contribution < -0.4 is 5.32 Å². The minimum Gasteiger partial charge on any atom is -0.463 e. The van der Waals surface area contributed by atoms with Gasteiger partial charge in [-0.15, -0.1) is 0 Å². The monoisotopic (exact) mass is 299 g/mol. The largest absolute Gasteiger partial charge is 0.463 e. The van der Waals surface area contributed by atoms with Gasteiger partial charge in [-0.2, -0.15) is 0 Å². The van der Waals surface area contributed by atoms with Crippen molar-refractivity contribution in [2.45, 2.75) is 6.54 Å². The van der Waals surface area contributed by atoms with Gasteiger partial charge >= 0.3 is 5.97 Å². The summed E-state index contributed by atoms with van der Waals surface area (Å²) in [5.74, 6) is 0.225. The van der Waals surface area contributed by atoms with E-state index < -0.39 is 5.97 Å². The lowest BCUT2D eigenvalue weighted by Crippen LogP contribution is -2.01. The van der Waals surface area contributed by atoms with Gasteiger partial charge in [0, 0.05) is 0 Å². The van der Waals surface area contributed by atoms with Crippen molar-refractivity contribution in [1.82, 2.24) is 0 Å². The quantitative estimate of drug-likeness (QED) is 0.868. The van der Waals surface area contributed by atoms with E-state index >= 15 is 0 Å². The zero-order valence-electron chi connectivity index (χ0n) is 10.1. The maximum absolute atomic E-state index is 11.2. The molecular formula is C13H11Cl2NO3. The van der Waals surface area contributed by atoms with Crippen molar-refractivity contribution in [3.05, 3.63) is 51.9 Å². The van der Waals surface area contributed by atoms with Crippen LogP contribution in [-0.2, 0) is 11.3 Å². The third-order valence-electron chi connectivity index (χ3n) is 2.45. The molecule has 0 bridgehead atoms. The number of para-hydroxylation sites is 1. The Hall–Kier alpha value is -1.65. The number of anilines is 1. The van der Waals surface area contributed by atoms with Crippen LogP contribution in [0.25, 0.3) is 0 Å². The second-order valence-electron chi connectivity index (χ2n) is 3.71. The smallest absolute Gasteiger partial charge is 0.373 e. The highest BCUT2D eigenvalue weighted by molar-refractivity contribution is 6.39. The number of carbonyl (C=O) groups is 1. The second kappa shape index (κ2) is 5.99. The summed E-state index contributed by atoms with van der Waals surface area (Å²) in [5, 5.41) is 4.10. The number of carbonyl (C=O) groups excluding carboxylic acids is 1. The number of hydrogen-bond acceptors (Lipinski definition) is 4. The van der Waals surface area contributed by atoms with Crippen LogP contribution in [0.4, 0.5) is 5.69 Å². The van der Waals surface area contributed by atoms with Crippen molar-refractivity contribution in [3.8, 4) is 0 Å². The van der Waals surface area contributed by atoms with Gasteiger partial charge in [-0.05, 0) is 24.3 Å². The fourth-order valence-corrected chi connectivity index (χ4v) is 2.06. The highest BCUT2D eigenvalue weighted by Gasteiger charge is 2.11. The lowest BCUT2D eigenvalue weighted by Gasteiger charge is -2.08. The van der Waals surface area contributed by atoms with Crippen LogP contribution in [0, 0.1) is 0 Å². The van der Waals surface area contributed by atoms with Crippen LogP contribution >= 0.6 is 23.2 Å². The zero-order valence-corrected chi connectivity index (χ0v) is 11.6. The Labute approximate surface area is 120 Å². The number of benzene rings is 1. The molecule has 0 unspecified atom stereocenters. The summed E-state index contributed by atoms with van der Waals surface area (Å²) in [7, 11) is 1.30. The predicted octanol–water partition coefficient (Wildman–Crippen LogP) is 3.99. The van der Waals surface area contributed by atoms with Crippen molar-refractivity contribution in [2.75, 3.05) is 12.4 Å². The minimum absolute atomic E-state index is 0.157. The molecule has 0 amide bonds. The van der Waals surface area contributed by atoms with Crippen molar-refractivity contribution in [1.29, 1.82) is 0 Å². The average Bonchev–Trinajstić information content (AvgIpc) is 2.86. The second-order valence-corrected chi connectivity index (χ2v) is 4.52. The summed E-state index contributed by atoms with van der Waals surface area (Å²) in [6.45, 7) is 0.362. The lowest BCUT2D eigenvalue weighted by atomic mass is 10.3. The SMILES string of the molecule is COC(=O)c1ccc(CNc2c(Cl)cccc2Cl)o1. The van der Waals surface area contributed by atoms with Gasteiger partial charge < -0.3 is 14.5 Å². The van der Waals surface area contributed by atoms with Gasteiger partial charge in [0.1, 0.15) is 5.76 Å². The molecule has 0 fully saturated rings. The molecule has 0 atom stereocenters. The Bertz CT molecular complexity index is 575. The molecule has 0 aliphatic rings. The Morgan fingerprint density at radius 1 is 1.26 bits per heavy atom. The number of ether oxygens (including phenoxy) is 1. The lowest BCUT2D eigenvalue weighted by molar-refractivity contribution is 0.0563. The molecule has 1 heterocycles. The molecule has 6 heteroatoms. The predicted molar refractivity (Wildman–Crippen MR) is 73.8 cm³/mol. The van der Waals surface area contributed by atoms with Crippen molar-refractivity contribution in [3.63, 3.8) is 0 Å². The van der Waals surface area contributed by atoms with Crippen molar-refractivity contribution in [2.24, 2.45) is 0 Å². The summed E-state index contributed by atoms with van der Waals surface area (Å²) in [5.41, 5.74) is 0.627. The molecule has 0 saturated carbocycles.